The minimum Gasteiger partial charge on any atom is -0.313 e. The fraction of sp³-hybridized carbons (Fsp3) is 1.00. The fourth-order valence-corrected chi connectivity index (χ4v) is 1.87. The Balaban J connectivity index is 2.01. The smallest absolute Gasteiger partial charge is 0.313 e. The Morgan fingerprint density at radius 1 is 1.30 bits per heavy atom. The summed E-state index contributed by atoms with van der Waals surface area (Å²) in [5, 5.41) is 2.83. The van der Waals surface area contributed by atoms with Crippen LogP contribution in [0, 0.1) is 11.8 Å². The van der Waals surface area contributed by atoms with Crippen LogP contribution < -0.4 is 5.32 Å². The van der Waals surface area contributed by atoms with Crippen molar-refractivity contribution in [3.05, 3.63) is 0 Å². The van der Waals surface area contributed by atoms with Gasteiger partial charge in [-0.25, -0.2) is 0 Å². The predicted molar refractivity (Wildman–Crippen MR) is 29.4 cm³/mol. The normalized spacial score (nSPS) is 45.3. The van der Waals surface area contributed by atoms with Crippen LogP contribution in [-0.2, 0) is 0 Å². The molecule has 1 nitrogen and oxygen atoms in total. The van der Waals surface area contributed by atoms with Gasteiger partial charge in [0.05, 0.1) is 5.92 Å². The second kappa shape index (κ2) is 1.67. The highest BCUT2D eigenvalue weighted by Crippen LogP contribution is 2.54. The molecule has 1 aliphatic heterocycles. The second-order valence-electron chi connectivity index (χ2n) is 3.00. The first kappa shape index (κ1) is 6.46. The van der Waals surface area contributed by atoms with E-state index in [9.17, 15) is 13.2 Å². The molecule has 1 heterocycles. The molecule has 0 aromatic heterocycles. The van der Waals surface area contributed by atoms with E-state index in [1.54, 1.807) is 0 Å². The van der Waals surface area contributed by atoms with Gasteiger partial charge in [-0.1, -0.05) is 0 Å². The molecule has 1 aliphatic carbocycles. The van der Waals surface area contributed by atoms with Crippen LogP contribution in [0.1, 0.15) is 6.42 Å². The van der Waals surface area contributed by atoms with E-state index < -0.39 is 12.1 Å². The van der Waals surface area contributed by atoms with E-state index in [1.165, 1.54) is 0 Å². The zero-order valence-electron chi connectivity index (χ0n) is 5.28. The summed E-state index contributed by atoms with van der Waals surface area (Å²) < 4.78 is 35.8. The molecule has 0 spiro atoms. The zero-order valence-corrected chi connectivity index (χ0v) is 5.28. The van der Waals surface area contributed by atoms with E-state index in [0.29, 0.717) is 6.42 Å². The third kappa shape index (κ3) is 0.746. The monoisotopic (exact) mass is 151 g/mol. The molecule has 0 radical (unpaired) electrons. The number of rotatable bonds is 0. The van der Waals surface area contributed by atoms with Crippen LogP contribution in [0.2, 0.25) is 0 Å². The maximum atomic E-state index is 11.9. The summed E-state index contributed by atoms with van der Waals surface area (Å²) in [5.74, 6) is -1.12. The minimum atomic E-state index is -3.96. The van der Waals surface area contributed by atoms with E-state index in [2.05, 4.69) is 5.32 Å². The van der Waals surface area contributed by atoms with E-state index in [-0.39, 0.29) is 12.0 Å². The summed E-state index contributed by atoms with van der Waals surface area (Å²) in [7, 11) is 0. The first-order valence-corrected chi connectivity index (χ1v) is 3.41. The molecule has 0 aromatic rings. The predicted octanol–water partition coefficient (Wildman–Crippen LogP) is 1.16. The highest BCUT2D eigenvalue weighted by Gasteiger charge is 2.65. The van der Waals surface area contributed by atoms with Crippen molar-refractivity contribution in [1.29, 1.82) is 0 Å². The van der Waals surface area contributed by atoms with Gasteiger partial charge in [0.2, 0.25) is 0 Å². The number of hydrogen-bond donors (Lipinski definition) is 1. The van der Waals surface area contributed by atoms with Crippen molar-refractivity contribution in [2.45, 2.75) is 18.6 Å². The molecule has 2 fully saturated rings. The lowest BCUT2D eigenvalue weighted by atomic mass is 10.2. The summed E-state index contributed by atoms with van der Waals surface area (Å²) in [4.78, 5) is 0. The van der Waals surface area contributed by atoms with Crippen molar-refractivity contribution in [2.24, 2.45) is 11.8 Å². The lowest BCUT2D eigenvalue weighted by Crippen LogP contribution is -2.24. The number of fused-ring (bicyclic) bond motifs is 1. The Kier molecular flexibility index (Phi) is 1.08. The van der Waals surface area contributed by atoms with Gasteiger partial charge in [0.25, 0.3) is 0 Å². The first-order chi connectivity index (χ1) is 4.61. The molecule has 10 heavy (non-hydrogen) atoms. The van der Waals surface area contributed by atoms with Crippen LogP contribution in [0.25, 0.3) is 0 Å². The van der Waals surface area contributed by atoms with E-state index in [1.807, 2.05) is 0 Å². The van der Waals surface area contributed by atoms with Crippen molar-refractivity contribution in [2.75, 3.05) is 6.54 Å². The summed E-state index contributed by atoms with van der Waals surface area (Å²) in [5.41, 5.74) is 0. The number of nitrogens with one attached hydrogen (secondary N) is 1. The lowest BCUT2D eigenvalue weighted by Gasteiger charge is -2.07. The van der Waals surface area contributed by atoms with Gasteiger partial charge in [-0.15, -0.1) is 0 Å². The van der Waals surface area contributed by atoms with Gasteiger partial charge >= 0.3 is 6.18 Å². The summed E-state index contributed by atoms with van der Waals surface area (Å²) in [6.45, 7) is 0.766. The molecule has 2 aliphatic rings. The number of halogens is 3. The van der Waals surface area contributed by atoms with Crippen LogP contribution in [0.4, 0.5) is 13.2 Å². The largest absolute Gasteiger partial charge is 0.393 e. The summed E-state index contributed by atoms with van der Waals surface area (Å²) >= 11 is 0. The van der Waals surface area contributed by atoms with Gasteiger partial charge < -0.3 is 5.32 Å². The summed E-state index contributed by atoms with van der Waals surface area (Å²) in [6.07, 6.45) is -3.25. The Hall–Kier alpha value is -0.250. The van der Waals surface area contributed by atoms with Crippen molar-refractivity contribution in [1.82, 2.24) is 5.32 Å². The maximum absolute atomic E-state index is 11.9. The Morgan fingerprint density at radius 3 is 2.30 bits per heavy atom. The average Bonchev–Trinajstić information content (AvgIpc) is 2.30. The van der Waals surface area contributed by atoms with Crippen molar-refractivity contribution >= 4 is 0 Å². The van der Waals surface area contributed by atoms with E-state index in [0.717, 1.165) is 6.54 Å². The van der Waals surface area contributed by atoms with Crippen LogP contribution >= 0.6 is 0 Å². The Bertz CT molecular complexity index is 144. The van der Waals surface area contributed by atoms with Crippen LogP contribution in [0.15, 0.2) is 0 Å². The number of hydrogen-bond acceptors (Lipinski definition) is 1. The van der Waals surface area contributed by atoms with Crippen LogP contribution in [0.5, 0.6) is 0 Å². The van der Waals surface area contributed by atoms with Gasteiger partial charge in [0, 0.05) is 6.04 Å². The third-order valence-corrected chi connectivity index (χ3v) is 2.40. The maximum Gasteiger partial charge on any atom is 0.393 e. The second-order valence-corrected chi connectivity index (χ2v) is 3.00. The quantitative estimate of drug-likeness (QED) is 0.547. The van der Waals surface area contributed by atoms with Crippen molar-refractivity contribution in [3.8, 4) is 0 Å². The molecule has 0 unspecified atom stereocenters. The first-order valence-electron chi connectivity index (χ1n) is 3.41. The molecule has 2 rings (SSSR count). The number of piperidine rings is 1. The third-order valence-electron chi connectivity index (χ3n) is 2.40. The molecule has 0 amide bonds. The van der Waals surface area contributed by atoms with Gasteiger partial charge in [-0.05, 0) is 18.9 Å². The Labute approximate surface area is 56.6 Å². The van der Waals surface area contributed by atoms with E-state index in [4.69, 9.17) is 0 Å². The standard InChI is InChI=1S/C6H8F3N/c7-6(8,9)4-3-1-2-10-5(3)4/h3-5,10H,1-2H2/t3-,4+,5+/m1/s1. The van der Waals surface area contributed by atoms with Gasteiger partial charge in [0.15, 0.2) is 0 Å². The average molecular weight is 151 g/mol. The van der Waals surface area contributed by atoms with Crippen LogP contribution in [-0.4, -0.2) is 18.8 Å². The zero-order chi connectivity index (χ0) is 7.35. The Morgan fingerprint density at radius 2 is 2.00 bits per heavy atom. The molecule has 1 saturated carbocycles. The molecule has 58 valence electrons. The molecule has 1 N–H and O–H groups in total. The van der Waals surface area contributed by atoms with Crippen molar-refractivity contribution in [3.63, 3.8) is 0 Å². The fourth-order valence-electron chi connectivity index (χ4n) is 1.87. The molecule has 0 bridgehead atoms. The molecule has 1 saturated heterocycles. The van der Waals surface area contributed by atoms with Crippen molar-refractivity contribution < 1.29 is 13.2 Å². The van der Waals surface area contributed by atoms with Gasteiger partial charge in [0.1, 0.15) is 0 Å². The highest BCUT2D eigenvalue weighted by atomic mass is 19.4. The summed E-state index contributed by atoms with van der Waals surface area (Å²) in [6, 6.07) is -0.236. The molecule has 0 aromatic carbocycles. The molecular formula is C6H8F3N. The SMILES string of the molecule is FC(F)(F)[C@H]1[C@H]2CCN[C@@H]21. The lowest BCUT2D eigenvalue weighted by molar-refractivity contribution is -0.153. The molecular weight excluding hydrogens is 143 g/mol. The van der Waals surface area contributed by atoms with Gasteiger partial charge in [-0.3, -0.25) is 0 Å². The van der Waals surface area contributed by atoms with E-state index >= 15 is 0 Å². The number of alkyl halides is 3. The molecule has 4 heteroatoms. The van der Waals surface area contributed by atoms with Crippen LogP contribution in [0.3, 0.4) is 0 Å². The highest BCUT2D eigenvalue weighted by molar-refractivity contribution is 5.10. The topological polar surface area (TPSA) is 12.0 Å². The van der Waals surface area contributed by atoms with Gasteiger partial charge in [-0.2, -0.15) is 13.2 Å². The molecule has 3 atom stereocenters. The minimum absolute atomic E-state index is 0.0972.